The van der Waals surface area contributed by atoms with Crippen molar-refractivity contribution in [2.24, 2.45) is 0 Å². The second-order valence-electron chi connectivity index (χ2n) is 5.00. The van der Waals surface area contributed by atoms with E-state index in [-0.39, 0.29) is 18.6 Å². The minimum atomic E-state index is -0.390. The molecule has 1 heterocycles. The molecule has 18 heavy (non-hydrogen) atoms. The van der Waals surface area contributed by atoms with Crippen molar-refractivity contribution >= 4 is 17.7 Å². The largest absolute Gasteiger partial charge is 0.394 e. The molecule has 1 aliphatic rings. The number of ether oxygens (including phenoxy) is 2. The highest BCUT2D eigenvalue weighted by Gasteiger charge is 2.34. The summed E-state index contributed by atoms with van der Waals surface area (Å²) in [5, 5.41) is 9.18. The van der Waals surface area contributed by atoms with Crippen LogP contribution in [0.4, 0.5) is 0 Å². The second kappa shape index (κ2) is 7.33. The second-order valence-corrected chi connectivity index (χ2v) is 6.11. The van der Waals surface area contributed by atoms with Gasteiger partial charge in [-0.25, -0.2) is 0 Å². The molecule has 6 heteroatoms. The molecule has 0 spiro atoms. The Kier molecular flexibility index (Phi) is 6.42. The minimum absolute atomic E-state index is 0.0516. The number of aliphatic hydroxyl groups excluding tert-OH is 1. The van der Waals surface area contributed by atoms with Gasteiger partial charge in [0.25, 0.3) is 0 Å². The van der Waals surface area contributed by atoms with Crippen LogP contribution in [0.25, 0.3) is 0 Å². The van der Waals surface area contributed by atoms with Crippen molar-refractivity contribution in [3.8, 4) is 0 Å². The molecule has 1 saturated heterocycles. The lowest BCUT2D eigenvalue weighted by Gasteiger charge is -2.42. The standard InChI is InChI=1S/C12H23NO4S/c1-12(2)9-13(6-10(7-14)17-12)11(15)8-18-5-4-16-3/h10,14H,4-9H2,1-3H3. The Morgan fingerprint density at radius 2 is 2.33 bits per heavy atom. The van der Waals surface area contributed by atoms with Gasteiger partial charge in [-0.15, -0.1) is 11.8 Å². The van der Waals surface area contributed by atoms with Crippen LogP contribution in [0.2, 0.25) is 0 Å². The van der Waals surface area contributed by atoms with Crippen LogP contribution in [0.3, 0.4) is 0 Å². The molecule has 0 radical (unpaired) electrons. The van der Waals surface area contributed by atoms with Gasteiger partial charge in [-0.1, -0.05) is 0 Å². The van der Waals surface area contributed by atoms with Crippen LogP contribution in [0.15, 0.2) is 0 Å². The number of thioether (sulfide) groups is 1. The number of hydrogen-bond donors (Lipinski definition) is 1. The van der Waals surface area contributed by atoms with E-state index in [2.05, 4.69) is 0 Å². The average Bonchev–Trinajstić information content (AvgIpc) is 2.32. The first-order valence-electron chi connectivity index (χ1n) is 6.11. The van der Waals surface area contributed by atoms with Crippen molar-refractivity contribution in [2.75, 3.05) is 44.9 Å². The number of nitrogens with zero attached hydrogens (tertiary/aromatic N) is 1. The van der Waals surface area contributed by atoms with Crippen LogP contribution in [0.1, 0.15) is 13.8 Å². The zero-order valence-electron chi connectivity index (χ0n) is 11.3. The fourth-order valence-corrected chi connectivity index (χ4v) is 2.76. The summed E-state index contributed by atoms with van der Waals surface area (Å²) in [6, 6.07) is 0. The highest BCUT2D eigenvalue weighted by Crippen LogP contribution is 2.21. The molecule has 106 valence electrons. The third-order valence-corrected chi connectivity index (χ3v) is 3.60. The number of aliphatic hydroxyl groups is 1. The van der Waals surface area contributed by atoms with Crippen LogP contribution in [0, 0.1) is 0 Å². The Hall–Kier alpha value is -0.300. The summed E-state index contributed by atoms with van der Waals surface area (Å²) in [7, 11) is 1.65. The number of amides is 1. The molecule has 0 aliphatic carbocycles. The molecule has 0 aromatic rings. The molecule has 1 unspecified atom stereocenters. The Morgan fingerprint density at radius 1 is 1.61 bits per heavy atom. The van der Waals surface area contributed by atoms with Crippen molar-refractivity contribution in [1.82, 2.24) is 4.90 Å². The SMILES string of the molecule is COCCSCC(=O)N1CC(CO)OC(C)(C)C1. The van der Waals surface area contributed by atoms with Gasteiger partial charge < -0.3 is 19.5 Å². The summed E-state index contributed by atoms with van der Waals surface area (Å²) in [5.74, 6) is 1.38. The molecule has 1 aliphatic heterocycles. The van der Waals surface area contributed by atoms with Crippen LogP contribution in [0.5, 0.6) is 0 Å². The Bertz CT molecular complexity index is 273. The molecule has 1 rings (SSSR count). The predicted octanol–water partition coefficient (Wildman–Crippen LogP) is 0.364. The number of hydrogen-bond acceptors (Lipinski definition) is 5. The van der Waals surface area contributed by atoms with Crippen LogP contribution in [-0.2, 0) is 14.3 Å². The van der Waals surface area contributed by atoms with Gasteiger partial charge in [-0.2, -0.15) is 0 Å². The summed E-state index contributed by atoms with van der Waals surface area (Å²) < 4.78 is 10.6. The van der Waals surface area contributed by atoms with E-state index in [1.807, 2.05) is 13.8 Å². The number of carbonyl (C=O) groups excluding carboxylic acids is 1. The van der Waals surface area contributed by atoms with E-state index in [1.54, 1.807) is 23.8 Å². The first-order chi connectivity index (χ1) is 8.48. The maximum absolute atomic E-state index is 12.0. The summed E-state index contributed by atoms with van der Waals surface area (Å²) in [6.07, 6.45) is -0.276. The molecule has 1 fully saturated rings. The summed E-state index contributed by atoms with van der Waals surface area (Å²) in [4.78, 5) is 13.8. The van der Waals surface area contributed by atoms with E-state index in [9.17, 15) is 9.90 Å². The predicted molar refractivity (Wildman–Crippen MR) is 71.8 cm³/mol. The zero-order chi connectivity index (χ0) is 13.6. The van der Waals surface area contributed by atoms with Crippen molar-refractivity contribution in [3.05, 3.63) is 0 Å². The van der Waals surface area contributed by atoms with Crippen molar-refractivity contribution in [3.63, 3.8) is 0 Å². The first kappa shape index (κ1) is 15.8. The third kappa shape index (κ3) is 5.14. The maximum Gasteiger partial charge on any atom is 0.232 e. The smallest absolute Gasteiger partial charge is 0.232 e. The van der Waals surface area contributed by atoms with Gasteiger partial charge in [-0.3, -0.25) is 4.79 Å². The van der Waals surface area contributed by atoms with E-state index in [0.717, 1.165) is 5.75 Å². The summed E-state index contributed by atoms with van der Waals surface area (Å²) in [5.41, 5.74) is -0.390. The number of methoxy groups -OCH3 is 1. The fraction of sp³-hybridized carbons (Fsp3) is 0.917. The minimum Gasteiger partial charge on any atom is -0.394 e. The molecule has 1 atom stereocenters. The summed E-state index contributed by atoms with van der Waals surface area (Å²) in [6.45, 7) is 5.53. The molecule has 1 N–H and O–H groups in total. The van der Waals surface area contributed by atoms with E-state index < -0.39 is 5.60 Å². The Balaban J connectivity index is 2.41. The molecular weight excluding hydrogens is 254 g/mol. The van der Waals surface area contributed by atoms with Crippen LogP contribution < -0.4 is 0 Å². The molecule has 0 aromatic heterocycles. The quantitative estimate of drug-likeness (QED) is 0.711. The van der Waals surface area contributed by atoms with Gasteiger partial charge in [0, 0.05) is 26.0 Å². The van der Waals surface area contributed by atoms with Gasteiger partial charge in [0.2, 0.25) is 5.91 Å². The van der Waals surface area contributed by atoms with Gasteiger partial charge >= 0.3 is 0 Å². The zero-order valence-corrected chi connectivity index (χ0v) is 12.2. The van der Waals surface area contributed by atoms with Crippen molar-refractivity contribution in [2.45, 2.75) is 25.6 Å². The molecule has 0 saturated carbocycles. The topological polar surface area (TPSA) is 59.0 Å². The molecule has 5 nitrogen and oxygen atoms in total. The average molecular weight is 277 g/mol. The normalized spacial score (nSPS) is 23.1. The van der Waals surface area contributed by atoms with Crippen LogP contribution in [-0.4, -0.2) is 72.5 Å². The number of carbonyl (C=O) groups is 1. The van der Waals surface area contributed by atoms with Gasteiger partial charge in [0.1, 0.15) is 0 Å². The lowest BCUT2D eigenvalue weighted by atomic mass is 10.1. The number of rotatable bonds is 6. The number of morpholine rings is 1. The van der Waals surface area contributed by atoms with Crippen molar-refractivity contribution in [1.29, 1.82) is 0 Å². The maximum atomic E-state index is 12.0. The van der Waals surface area contributed by atoms with Crippen LogP contribution >= 0.6 is 11.8 Å². The lowest BCUT2D eigenvalue weighted by Crippen LogP contribution is -2.56. The highest BCUT2D eigenvalue weighted by molar-refractivity contribution is 7.99. The van der Waals surface area contributed by atoms with E-state index in [1.165, 1.54) is 0 Å². The Labute approximate surface area is 113 Å². The first-order valence-corrected chi connectivity index (χ1v) is 7.27. The molecular formula is C12H23NO4S. The van der Waals surface area contributed by atoms with E-state index >= 15 is 0 Å². The van der Waals surface area contributed by atoms with Gasteiger partial charge in [-0.05, 0) is 13.8 Å². The lowest BCUT2D eigenvalue weighted by molar-refractivity contribution is -0.165. The Morgan fingerprint density at radius 3 is 2.94 bits per heavy atom. The van der Waals surface area contributed by atoms with E-state index in [0.29, 0.717) is 25.4 Å². The third-order valence-electron chi connectivity index (χ3n) is 2.70. The monoisotopic (exact) mass is 277 g/mol. The highest BCUT2D eigenvalue weighted by atomic mass is 32.2. The van der Waals surface area contributed by atoms with Gasteiger partial charge in [0.05, 0.1) is 30.7 Å². The van der Waals surface area contributed by atoms with Gasteiger partial charge in [0.15, 0.2) is 0 Å². The fourth-order valence-electron chi connectivity index (χ4n) is 1.97. The van der Waals surface area contributed by atoms with Crippen molar-refractivity contribution < 1.29 is 19.4 Å². The molecule has 0 bridgehead atoms. The molecule has 0 aromatic carbocycles. The summed E-state index contributed by atoms with van der Waals surface area (Å²) >= 11 is 1.57. The molecule has 1 amide bonds. The van der Waals surface area contributed by atoms with E-state index in [4.69, 9.17) is 9.47 Å².